The molecule has 0 aliphatic heterocycles. The van der Waals surface area contributed by atoms with Crippen LogP contribution in [0.1, 0.15) is 52.8 Å². The number of nitrogens with two attached hydrogens (primary N) is 1. The second-order valence-electron chi connectivity index (χ2n) is 8.04. The summed E-state index contributed by atoms with van der Waals surface area (Å²) in [7, 11) is 0. The molecule has 0 atom stereocenters. The molecule has 0 aliphatic carbocycles. The highest BCUT2D eigenvalue weighted by molar-refractivity contribution is 6.04. The van der Waals surface area contributed by atoms with Gasteiger partial charge in [-0.25, -0.2) is 14.4 Å². The van der Waals surface area contributed by atoms with Crippen LogP contribution in [-0.2, 0) is 6.54 Å². The van der Waals surface area contributed by atoms with Crippen LogP contribution in [0.4, 0.5) is 10.2 Å². The van der Waals surface area contributed by atoms with Crippen molar-refractivity contribution in [2.75, 3.05) is 5.32 Å². The van der Waals surface area contributed by atoms with Crippen LogP contribution in [0, 0.1) is 19.7 Å². The van der Waals surface area contributed by atoms with Gasteiger partial charge in [-0.15, -0.1) is 0 Å². The van der Waals surface area contributed by atoms with Crippen molar-refractivity contribution in [2.24, 2.45) is 5.73 Å². The lowest BCUT2D eigenvalue weighted by Crippen LogP contribution is -2.13. The average molecular weight is 433 g/mol. The summed E-state index contributed by atoms with van der Waals surface area (Å²) in [5.74, 6) is 1.13. The number of carbonyl (C=O) groups is 1. The number of para-hydroxylation sites is 1. The van der Waals surface area contributed by atoms with E-state index in [1.807, 2.05) is 30.5 Å². The first-order valence-electron chi connectivity index (χ1n) is 10.4. The lowest BCUT2D eigenvalue weighted by atomic mass is 10.0. The van der Waals surface area contributed by atoms with E-state index in [-0.39, 0.29) is 11.7 Å². The van der Waals surface area contributed by atoms with Crippen LogP contribution >= 0.6 is 0 Å². The summed E-state index contributed by atoms with van der Waals surface area (Å²) in [6.07, 6.45) is 0. The Balaban J connectivity index is 1.83. The number of halogens is 1. The highest BCUT2D eigenvalue weighted by atomic mass is 19.1. The number of hydrogen-bond acceptors (Lipinski definition) is 5. The summed E-state index contributed by atoms with van der Waals surface area (Å²) in [4.78, 5) is 26.0. The van der Waals surface area contributed by atoms with Crippen molar-refractivity contribution in [2.45, 2.75) is 40.2 Å². The maximum Gasteiger partial charge on any atom is 0.250 e. The van der Waals surface area contributed by atoms with Crippen molar-refractivity contribution in [3.8, 4) is 5.95 Å². The summed E-state index contributed by atoms with van der Waals surface area (Å²) in [5, 5.41) is 3.35. The Morgan fingerprint density at radius 3 is 2.56 bits per heavy atom. The number of anilines is 1. The minimum Gasteiger partial charge on any atom is -0.366 e. The Morgan fingerprint density at radius 2 is 1.88 bits per heavy atom. The predicted molar refractivity (Wildman–Crippen MR) is 122 cm³/mol. The fourth-order valence-electron chi connectivity index (χ4n) is 3.99. The molecular weight excluding hydrogens is 407 g/mol. The van der Waals surface area contributed by atoms with Gasteiger partial charge >= 0.3 is 0 Å². The average Bonchev–Trinajstić information content (AvgIpc) is 3.07. The van der Waals surface area contributed by atoms with Crippen LogP contribution in [0.2, 0.25) is 0 Å². The molecule has 7 nitrogen and oxygen atoms in total. The third kappa shape index (κ3) is 3.91. The van der Waals surface area contributed by atoms with Gasteiger partial charge in [0, 0.05) is 17.8 Å². The molecule has 1 amide bonds. The number of carbonyl (C=O) groups excluding carboxylic acids is 1. The van der Waals surface area contributed by atoms with Gasteiger partial charge in [-0.3, -0.25) is 9.36 Å². The molecule has 0 aliphatic rings. The quantitative estimate of drug-likeness (QED) is 0.470. The fourth-order valence-corrected chi connectivity index (χ4v) is 3.99. The molecule has 0 unspecified atom stereocenters. The second-order valence-corrected chi connectivity index (χ2v) is 8.04. The van der Waals surface area contributed by atoms with E-state index in [1.165, 1.54) is 12.1 Å². The Bertz CT molecular complexity index is 1330. The maximum atomic E-state index is 13.6. The summed E-state index contributed by atoms with van der Waals surface area (Å²) in [6.45, 7) is 8.35. The molecule has 0 saturated carbocycles. The minimum atomic E-state index is -0.537. The van der Waals surface area contributed by atoms with Gasteiger partial charge in [0.1, 0.15) is 23.0 Å². The van der Waals surface area contributed by atoms with E-state index in [2.05, 4.69) is 24.1 Å². The van der Waals surface area contributed by atoms with Crippen LogP contribution in [0.25, 0.3) is 17.0 Å². The largest absolute Gasteiger partial charge is 0.366 e. The number of hydrogen-bond donors (Lipinski definition) is 2. The summed E-state index contributed by atoms with van der Waals surface area (Å²) < 4.78 is 15.4. The van der Waals surface area contributed by atoms with Gasteiger partial charge in [-0.2, -0.15) is 4.98 Å². The number of primary amides is 1. The third-order valence-corrected chi connectivity index (χ3v) is 5.37. The molecule has 0 fully saturated rings. The van der Waals surface area contributed by atoms with Gasteiger partial charge in [0.25, 0.3) is 5.91 Å². The molecule has 0 bridgehead atoms. The van der Waals surface area contributed by atoms with E-state index in [9.17, 15) is 9.18 Å². The van der Waals surface area contributed by atoms with Crippen LogP contribution in [-0.4, -0.2) is 25.4 Å². The molecule has 4 rings (SSSR count). The summed E-state index contributed by atoms with van der Waals surface area (Å²) in [6, 6.07) is 11.7. The van der Waals surface area contributed by atoms with Crippen molar-refractivity contribution >= 4 is 22.8 Å². The standard InChI is InChI=1S/C24H25FN6O/c1-13(2)20-14(3)28-24(30-23(20)27-12-16-7-5-8-17(25)11-16)31-15(4)29-21-18(22(26)32)9-6-10-19(21)31/h5-11,13H,12H2,1-4H3,(H2,26,32)(H,27,28,30). The van der Waals surface area contributed by atoms with Crippen molar-refractivity contribution < 1.29 is 9.18 Å². The van der Waals surface area contributed by atoms with Crippen molar-refractivity contribution in [3.63, 3.8) is 0 Å². The first-order chi connectivity index (χ1) is 15.3. The zero-order chi connectivity index (χ0) is 23.0. The number of amides is 1. The van der Waals surface area contributed by atoms with Gasteiger partial charge < -0.3 is 11.1 Å². The smallest absolute Gasteiger partial charge is 0.250 e. The lowest BCUT2D eigenvalue weighted by molar-refractivity contribution is 0.100. The maximum absolute atomic E-state index is 13.6. The molecule has 2 heterocycles. The number of benzene rings is 2. The Kier molecular flexibility index (Phi) is 5.61. The first kappa shape index (κ1) is 21.4. The molecule has 0 spiro atoms. The molecule has 2 aromatic carbocycles. The van der Waals surface area contributed by atoms with E-state index >= 15 is 0 Å². The van der Waals surface area contributed by atoms with E-state index < -0.39 is 5.91 Å². The van der Waals surface area contributed by atoms with E-state index in [0.717, 1.165) is 16.8 Å². The highest BCUT2D eigenvalue weighted by Gasteiger charge is 2.20. The Morgan fingerprint density at radius 1 is 1.12 bits per heavy atom. The molecule has 32 heavy (non-hydrogen) atoms. The summed E-state index contributed by atoms with van der Waals surface area (Å²) >= 11 is 0. The Hall–Kier alpha value is -3.81. The number of imidazole rings is 1. The molecular formula is C24H25FN6O. The van der Waals surface area contributed by atoms with E-state index in [1.54, 1.807) is 18.2 Å². The van der Waals surface area contributed by atoms with Crippen molar-refractivity contribution in [3.05, 3.63) is 76.5 Å². The number of fused-ring (bicyclic) bond motifs is 1. The normalized spacial score (nSPS) is 11.3. The zero-order valence-electron chi connectivity index (χ0n) is 18.5. The zero-order valence-corrected chi connectivity index (χ0v) is 18.5. The van der Waals surface area contributed by atoms with E-state index in [0.29, 0.717) is 40.7 Å². The van der Waals surface area contributed by atoms with Crippen molar-refractivity contribution in [1.82, 2.24) is 19.5 Å². The molecule has 0 radical (unpaired) electrons. The van der Waals surface area contributed by atoms with E-state index in [4.69, 9.17) is 15.7 Å². The monoisotopic (exact) mass is 432 g/mol. The molecule has 0 saturated heterocycles. The third-order valence-electron chi connectivity index (χ3n) is 5.37. The number of aryl methyl sites for hydroxylation is 2. The number of aromatic nitrogens is 4. The molecule has 3 N–H and O–H groups in total. The molecule has 164 valence electrons. The SMILES string of the molecule is Cc1nc(-n2c(C)nc3c(C(N)=O)cccc32)nc(NCc2cccc(F)c2)c1C(C)C. The van der Waals surface area contributed by atoms with Gasteiger partial charge in [-0.1, -0.05) is 32.0 Å². The summed E-state index contributed by atoms with van der Waals surface area (Å²) in [5.41, 5.74) is 9.73. The van der Waals surface area contributed by atoms with Crippen LogP contribution in [0.15, 0.2) is 42.5 Å². The molecule has 4 aromatic rings. The van der Waals surface area contributed by atoms with Crippen LogP contribution in [0.3, 0.4) is 0 Å². The Labute approximate surface area is 185 Å². The first-order valence-corrected chi connectivity index (χ1v) is 10.4. The van der Waals surface area contributed by atoms with Gasteiger partial charge in [0.2, 0.25) is 5.95 Å². The van der Waals surface area contributed by atoms with Crippen molar-refractivity contribution in [1.29, 1.82) is 0 Å². The number of nitrogens with zero attached hydrogens (tertiary/aromatic N) is 4. The lowest BCUT2D eigenvalue weighted by Gasteiger charge is -2.18. The second kappa shape index (κ2) is 8.37. The van der Waals surface area contributed by atoms with Crippen LogP contribution in [0.5, 0.6) is 0 Å². The van der Waals surface area contributed by atoms with Gasteiger partial charge in [-0.05, 0) is 49.6 Å². The highest BCUT2D eigenvalue weighted by Crippen LogP contribution is 2.29. The predicted octanol–water partition coefficient (Wildman–Crippen LogP) is 4.41. The number of rotatable bonds is 6. The number of nitrogens with one attached hydrogen (secondary N) is 1. The molecule has 8 heteroatoms. The topological polar surface area (TPSA) is 98.7 Å². The van der Waals surface area contributed by atoms with Gasteiger partial charge in [0.15, 0.2) is 0 Å². The van der Waals surface area contributed by atoms with Crippen LogP contribution < -0.4 is 11.1 Å². The fraction of sp³-hybridized carbons (Fsp3) is 0.250. The van der Waals surface area contributed by atoms with Gasteiger partial charge in [0.05, 0.1) is 11.1 Å². The molecule has 2 aromatic heterocycles. The minimum absolute atomic E-state index is 0.182.